The van der Waals surface area contributed by atoms with Crippen LogP contribution in [-0.4, -0.2) is 15.9 Å². The van der Waals surface area contributed by atoms with E-state index in [9.17, 15) is 18.0 Å². The summed E-state index contributed by atoms with van der Waals surface area (Å²) in [4.78, 5) is 20.2. The van der Waals surface area contributed by atoms with Crippen LogP contribution in [0.4, 0.5) is 24.7 Å². The maximum absolute atomic E-state index is 12.7. The van der Waals surface area contributed by atoms with Crippen molar-refractivity contribution in [3.8, 4) is 0 Å². The Labute approximate surface area is 153 Å². The van der Waals surface area contributed by atoms with Crippen molar-refractivity contribution in [3.05, 3.63) is 83.8 Å². The molecule has 0 fully saturated rings. The second-order valence-corrected chi connectivity index (χ2v) is 5.66. The molecule has 27 heavy (non-hydrogen) atoms. The number of aromatic nitrogens is 2. The zero-order valence-corrected chi connectivity index (χ0v) is 14.0. The molecule has 0 aliphatic rings. The van der Waals surface area contributed by atoms with Crippen LogP contribution in [-0.2, 0) is 12.7 Å². The molecule has 2 aromatic carbocycles. The van der Waals surface area contributed by atoms with Gasteiger partial charge in [-0.2, -0.15) is 13.2 Å². The van der Waals surface area contributed by atoms with E-state index in [1.807, 2.05) is 30.3 Å². The Morgan fingerprint density at radius 2 is 1.74 bits per heavy atom. The van der Waals surface area contributed by atoms with E-state index in [2.05, 4.69) is 20.6 Å². The fourth-order valence-electron chi connectivity index (χ4n) is 2.29. The molecule has 0 bridgehead atoms. The van der Waals surface area contributed by atoms with Crippen LogP contribution in [0, 0.1) is 0 Å². The molecule has 2 N–H and O–H groups in total. The zero-order chi connectivity index (χ0) is 19.3. The molecule has 5 nitrogen and oxygen atoms in total. The lowest BCUT2D eigenvalue weighted by Gasteiger charge is -2.10. The number of halogens is 3. The molecule has 3 rings (SSSR count). The Balaban J connectivity index is 1.62. The third kappa shape index (κ3) is 5.04. The highest BCUT2D eigenvalue weighted by molar-refractivity contribution is 6.02. The smallest absolute Gasteiger partial charge is 0.365 e. The second kappa shape index (κ2) is 7.86. The summed E-state index contributed by atoms with van der Waals surface area (Å²) in [5.74, 6) is -0.161. The summed E-state index contributed by atoms with van der Waals surface area (Å²) in [7, 11) is 0. The van der Waals surface area contributed by atoms with Crippen molar-refractivity contribution in [2.75, 3.05) is 10.6 Å². The van der Waals surface area contributed by atoms with E-state index in [0.29, 0.717) is 12.4 Å². The Morgan fingerprint density at radius 3 is 2.41 bits per heavy atom. The lowest BCUT2D eigenvalue weighted by atomic mass is 10.2. The molecule has 0 saturated carbocycles. The second-order valence-electron chi connectivity index (χ2n) is 5.66. The summed E-state index contributed by atoms with van der Waals surface area (Å²) in [6, 6.07) is 14.1. The van der Waals surface area contributed by atoms with E-state index in [0.717, 1.165) is 17.7 Å². The van der Waals surface area contributed by atoms with Crippen LogP contribution in [0.1, 0.15) is 21.6 Å². The maximum atomic E-state index is 12.7. The van der Waals surface area contributed by atoms with Crippen LogP contribution in [0.15, 0.2) is 67.0 Å². The van der Waals surface area contributed by atoms with Gasteiger partial charge in [0.2, 0.25) is 0 Å². The summed E-state index contributed by atoms with van der Waals surface area (Å²) in [5.41, 5.74) is 0.248. The molecule has 3 aromatic rings. The number of anilines is 2. The average molecular weight is 372 g/mol. The van der Waals surface area contributed by atoms with Gasteiger partial charge in [0.1, 0.15) is 11.5 Å². The Morgan fingerprint density at radius 1 is 0.963 bits per heavy atom. The average Bonchev–Trinajstić information content (AvgIpc) is 2.67. The summed E-state index contributed by atoms with van der Waals surface area (Å²) in [5, 5.41) is 5.46. The van der Waals surface area contributed by atoms with Crippen LogP contribution in [0.25, 0.3) is 0 Å². The Kier molecular flexibility index (Phi) is 5.35. The first kappa shape index (κ1) is 18.4. The van der Waals surface area contributed by atoms with Gasteiger partial charge in [-0.15, -0.1) is 0 Å². The Hall–Kier alpha value is -3.42. The maximum Gasteiger partial charge on any atom is 0.416 e. The standard InChI is InChI=1S/C19H15F3N4O/c20-19(21,22)14-7-4-8-15(9-14)26-18(27)16-11-25-17(12-23-16)24-10-13-5-2-1-3-6-13/h1-9,11-12H,10H2,(H,24,25)(H,26,27). The fourth-order valence-corrected chi connectivity index (χ4v) is 2.29. The number of rotatable bonds is 5. The van der Waals surface area contributed by atoms with Crippen molar-refractivity contribution < 1.29 is 18.0 Å². The van der Waals surface area contributed by atoms with Crippen molar-refractivity contribution >= 4 is 17.4 Å². The number of nitrogens with zero attached hydrogens (tertiary/aromatic N) is 2. The molecule has 0 radical (unpaired) electrons. The van der Waals surface area contributed by atoms with Crippen molar-refractivity contribution in [2.24, 2.45) is 0 Å². The van der Waals surface area contributed by atoms with Gasteiger partial charge in [-0.05, 0) is 23.8 Å². The minimum absolute atomic E-state index is 0.00215. The first-order valence-electron chi connectivity index (χ1n) is 8.00. The van der Waals surface area contributed by atoms with Crippen LogP contribution in [0.2, 0.25) is 0 Å². The number of alkyl halides is 3. The van der Waals surface area contributed by atoms with Crippen molar-refractivity contribution in [2.45, 2.75) is 12.7 Å². The first-order valence-corrected chi connectivity index (χ1v) is 8.00. The van der Waals surface area contributed by atoms with Crippen LogP contribution in [0.5, 0.6) is 0 Å². The number of benzene rings is 2. The highest BCUT2D eigenvalue weighted by Gasteiger charge is 2.30. The summed E-state index contributed by atoms with van der Waals surface area (Å²) < 4.78 is 38.2. The molecule has 0 aliphatic carbocycles. The molecule has 0 unspecified atom stereocenters. The minimum atomic E-state index is -4.48. The number of hydrogen-bond donors (Lipinski definition) is 2. The van der Waals surface area contributed by atoms with Crippen LogP contribution >= 0.6 is 0 Å². The van der Waals surface area contributed by atoms with Gasteiger partial charge in [-0.25, -0.2) is 9.97 Å². The number of nitrogens with one attached hydrogen (secondary N) is 2. The normalized spacial score (nSPS) is 11.1. The lowest BCUT2D eigenvalue weighted by molar-refractivity contribution is -0.137. The lowest BCUT2D eigenvalue weighted by Crippen LogP contribution is -2.15. The van der Waals surface area contributed by atoms with Crippen molar-refractivity contribution in [1.29, 1.82) is 0 Å². The van der Waals surface area contributed by atoms with Gasteiger partial charge in [0.25, 0.3) is 5.91 Å². The van der Waals surface area contributed by atoms with E-state index in [4.69, 9.17) is 0 Å². The van der Waals surface area contributed by atoms with Gasteiger partial charge in [0.15, 0.2) is 0 Å². The van der Waals surface area contributed by atoms with Crippen molar-refractivity contribution in [3.63, 3.8) is 0 Å². The number of carbonyl (C=O) groups is 1. The molecule has 0 spiro atoms. The van der Waals surface area contributed by atoms with Gasteiger partial charge < -0.3 is 10.6 Å². The Bertz CT molecular complexity index is 912. The SMILES string of the molecule is O=C(Nc1cccc(C(F)(F)F)c1)c1cnc(NCc2ccccc2)cn1. The van der Waals surface area contributed by atoms with E-state index in [1.54, 1.807) is 0 Å². The van der Waals surface area contributed by atoms with Crippen molar-refractivity contribution in [1.82, 2.24) is 9.97 Å². The van der Waals surface area contributed by atoms with Gasteiger partial charge in [-0.1, -0.05) is 36.4 Å². The summed E-state index contributed by atoms with van der Waals surface area (Å²) in [6.45, 7) is 0.547. The van der Waals surface area contributed by atoms with Gasteiger partial charge in [0, 0.05) is 12.2 Å². The molecule has 1 amide bonds. The van der Waals surface area contributed by atoms with Gasteiger partial charge >= 0.3 is 6.18 Å². The first-order chi connectivity index (χ1) is 12.9. The number of carbonyl (C=O) groups excluding carboxylic acids is 1. The molecule has 8 heteroatoms. The monoisotopic (exact) mass is 372 g/mol. The van der Waals surface area contributed by atoms with Crippen LogP contribution < -0.4 is 10.6 Å². The third-order valence-electron chi connectivity index (χ3n) is 3.65. The summed E-state index contributed by atoms with van der Waals surface area (Å²) >= 11 is 0. The largest absolute Gasteiger partial charge is 0.416 e. The number of amides is 1. The minimum Gasteiger partial charge on any atom is -0.365 e. The zero-order valence-electron chi connectivity index (χ0n) is 14.0. The molecule has 138 valence electrons. The number of hydrogen-bond acceptors (Lipinski definition) is 4. The quantitative estimate of drug-likeness (QED) is 0.698. The van der Waals surface area contributed by atoms with E-state index >= 15 is 0 Å². The van der Waals surface area contributed by atoms with Crippen LogP contribution in [0.3, 0.4) is 0 Å². The fraction of sp³-hybridized carbons (Fsp3) is 0.105. The molecule has 0 atom stereocenters. The topological polar surface area (TPSA) is 66.9 Å². The van der Waals surface area contributed by atoms with E-state index < -0.39 is 17.6 Å². The summed E-state index contributed by atoms with van der Waals surface area (Å²) in [6.07, 6.45) is -1.83. The highest BCUT2D eigenvalue weighted by Crippen LogP contribution is 2.30. The van der Waals surface area contributed by atoms with E-state index in [-0.39, 0.29) is 11.4 Å². The third-order valence-corrected chi connectivity index (χ3v) is 3.65. The van der Waals surface area contributed by atoms with Gasteiger partial charge in [-0.3, -0.25) is 4.79 Å². The highest BCUT2D eigenvalue weighted by atomic mass is 19.4. The predicted molar refractivity (Wildman–Crippen MR) is 95.2 cm³/mol. The van der Waals surface area contributed by atoms with Gasteiger partial charge in [0.05, 0.1) is 18.0 Å². The molecule has 1 aromatic heterocycles. The van der Waals surface area contributed by atoms with E-state index in [1.165, 1.54) is 24.5 Å². The molecule has 0 saturated heterocycles. The molecular formula is C19H15F3N4O. The molecular weight excluding hydrogens is 357 g/mol. The molecule has 1 heterocycles. The molecule has 0 aliphatic heterocycles. The predicted octanol–water partition coefficient (Wildman–Crippen LogP) is 4.36.